The fraction of sp³-hybridized carbons (Fsp3) is 0.556. The van der Waals surface area contributed by atoms with E-state index in [2.05, 4.69) is 0 Å². The quantitative estimate of drug-likeness (QED) is 0.842. The Kier molecular flexibility index (Phi) is 5.57. The molecule has 0 aromatic heterocycles. The highest BCUT2D eigenvalue weighted by molar-refractivity contribution is 5.93. The highest BCUT2D eigenvalue weighted by Gasteiger charge is 2.39. The summed E-state index contributed by atoms with van der Waals surface area (Å²) in [7, 11) is 1.48. The van der Waals surface area contributed by atoms with Gasteiger partial charge in [-0.15, -0.1) is 0 Å². The molecule has 1 saturated heterocycles. The predicted octanol–water partition coefficient (Wildman–Crippen LogP) is 2.49. The first kappa shape index (κ1) is 19.1. The molecule has 1 N–H and O–H groups in total. The van der Waals surface area contributed by atoms with E-state index in [0.29, 0.717) is 5.75 Å². The largest absolute Gasteiger partial charge is 0.496 e. The Morgan fingerprint density at radius 2 is 1.96 bits per heavy atom. The third kappa shape index (κ3) is 4.63. The van der Waals surface area contributed by atoms with Crippen LogP contribution in [0.2, 0.25) is 0 Å². The van der Waals surface area contributed by atoms with Crippen LogP contribution in [0, 0.1) is 6.92 Å². The third-order valence-electron chi connectivity index (χ3n) is 3.74. The zero-order chi connectivity index (χ0) is 18.8. The van der Waals surface area contributed by atoms with E-state index in [1.807, 2.05) is 13.0 Å². The molecule has 1 aliphatic heterocycles. The number of carbonyl (C=O) groups excluding carboxylic acids is 2. The number of benzene rings is 1. The predicted molar refractivity (Wildman–Crippen MR) is 90.5 cm³/mol. The second-order valence-corrected chi connectivity index (χ2v) is 7.04. The zero-order valence-corrected chi connectivity index (χ0v) is 15.2. The lowest BCUT2D eigenvalue weighted by Crippen LogP contribution is -2.42. The first-order valence-electron chi connectivity index (χ1n) is 8.14. The van der Waals surface area contributed by atoms with Crippen molar-refractivity contribution in [3.8, 4) is 5.75 Å². The van der Waals surface area contributed by atoms with Crippen molar-refractivity contribution in [2.24, 2.45) is 0 Å². The monoisotopic (exact) mass is 351 g/mol. The van der Waals surface area contributed by atoms with E-state index < -0.39 is 30.0 Å². The van der Waals surface area contributed by atoms with Gasteiger partial charge in [-0.25, -0.2) is 9.59 Å². The lowest BCUT2D eigenvalue weighted by molar-refractivity contribution is -0.0309. The number of rotatable bonds is 3. The molecule has 0 aliphatic carbocycles. The molecule has 7 nitrogen and oxygen atoms in total. The molecule has 138 valence electrons. The highest BCUT2D eigenvalue weighted by Crippen LogP contribution is 2.27. The van der Waals surface area contributed by atoms with Crippen LogP contribution in [0.5, 0.6) is 5.75 Å². The summed E-state index contributed by atoms with van der Waals surface area (Å²) in [6.45, 7) is 7.11. The molecule has 1 aromatic carbocycles. The van der Waals surface area contributed by atoms with Crippen molar-refractivity contribution in [1.29, 1.82) is 0 Å². The number of aryl methyl sites for hydroxylation is 1. The van der Waals surface area contributed by atoms with Gasteiger partial charge >= 0.3 is 12.1 Å². The lowest BCUT2D eigenvalue weighted by atomic mass is 10.1. The van der Waals surface area contributed by atoms with E-state index in [9.17, 15) is 14.7 Å². The maximum absolute atomic E-state index is 12.5. The molecule has 7 heteroatoms. The van der Waals surface area contributed by atoms with Crippen molar-refractivity contribution >= 4 is 12.1 Å². The van der Waals surface area contributed by atoms with Gasteiger partial charge in [0.15, 0.2) is 6.23 Å². The van der Waals surface area contributed by atoms with Gasteiger partial charge in [-0.05, 0) is 39.3 Å². The topological polar surface area (TPSA) is 85.3 Å². The van der Waals surface area contributed by atoms with Gasteiger partial charge in [0.1, 0.15) is 16.9 Å². The van der Waals surface area contributed by atoms with Crippen molar-refractivity contribution < 1.29 is 28.9 Å². The van der Waals surface area contributed by atoms with Crippen LogP contribution in [0.3, 0.4) is 0 Å². The zero-order valence-electron chi connectivity index (χ0n) is 15.2. The van der Waals surface area contributed by atoms with Gasteiger partial charge in [0, 0.05) is 6.42 Å². The van der Waals surface area contributed by atoms with Crippen molar-refractivity contribution in [3.05, 3.63) is 29.3 Å². The van der Waals surface area contributed by atoms with Crippen molar-refractivity contribution in [2.75, 3.05) is 13.7 Å². The van der Waals surface area contributed by atoms with Gasteiger partial charge in [-0.1, -0.05) is 12.1 Å². The number of methoxy groups -OCH3 is 1. The number of β-amino-alcohol motifs (C(OH)–C–C–N with tert-alkyl or cyclic N) is 1. The van der Waals surface area contributed by atoms with Gasteiger partial charge in [0.05, 0.1) is 19.8 Å². The molecule has 1 heterocycles. The third-order valence-corrected chi connectivity index (χ3v) is 3.74. The second kappa shape index (κ2) is 7.31. The molecule has 1 fully saturated rings. The van der Waals surface area contributed by atoms with Crippen molar-refractivity contribution in [3.63, 3.8) is 0 Å². The average Bonchev–Trinajstić information content (AvgIpc) is 2.86. The Hall–Kier alpha value is -2.28. The Bertz CT molecular complexity index is 651. The molecule has 2 rings (SSSR count). The number of esters is 1. The minimum absolute atomic E-state index is 0.0534. The SMILES string of the molecule is COc1c(C)cccc1C(=O)O[C@@H]1C[C@@H](O)CN1C(=O)OC(C)(C)C. The molecule has 1 aromatic rings. The Labute approximate surface area is 147 Å². The van der Waals surface area contributed by atoms with Crippen LogP contribution in [-0.4, -0.2) is 53.7 Å². The number of likely N-dealkylation sites (tertiary alicyclic amines) is 1. The fourth-order valence-corrected chi connectivity index (χ4v) is 2.67. The molecule has 0 spiro atoms. The van der Waals surface area contributed by atoms with E-state index in [1.165, 1.54) is 12.0 Å². The minimum atomic E-state index is -0.887. The number of hydrogen-bond acceptors (Lipinski definition) is 6. The molecule has 2 atom stereocenters. The molecule has 0 radical (unpaired) electrons. The van der Waals surface area contributed by atoms with Crippen LogP contribution < -0.4 is 4.74 Å². The molecular formula is C18H25NO6. The average molecular weight is 351 g/mol. The van der Waals surface area contributed by atoms with Gasteiger partial charge in [0.2, 0.25) is 0 Å². The molecule has 0 unspecified atom stereocenters. The van der Waals surface area contributed by atoms with Crippen molar-refractivity contribution in [2.45, 2.75) is 52.0 Å². The Morgan fingerprint density at radius 3 is 2.56 bits per heavy atom. The molecule has 25 heavy (non-hydrogen) atoms. The van der Waals surface area contributed by atoms with Crippen LogP contribution in [0.4, 0.5) is 4.79 Å². The molecule has 0 saturated carbocycles. The summed E-state index contributed by atoms with van der Waals surface area (Å²) in [5.41, 5.74) is 0.388. The maximum atomic E-state index is 12.5. The van der Waals surface area contributed by atoms with Crippen LogP contribution in [-0.2, 0) is 9.47 Å². The summed E-state index contributed by atoms with van der Waals surface area (Å²) in [6.07, 6.45) is -2.15. The Balaban J connectivity index is 2.16. The minimum Gasteiger partial charge on any atom is -0.496 e. The van der Waals surface area contributed by atoms with Crippen LogP contribution in [0.25, 0.3) is 0 Å². The summed E-state index contributed by atoms with van der Waals surface area (Å²) in [6, 6.07) is 5.14. The van der Waals surface area contributed by atoms with Gasteiger partial charge in [-0.2, -0.15) is 0 Å². The fourth-order valence-electron chi connectivity index (χ4n) is 2.67. The van der Waals surface area contributed by atoms with Crippen molar-refractivity contribution in [1.82, 2.24) is 4.90 Å². The number of amides is 1. The van der Waals surface area contributed by atoms with E-state index in [4.69, 9.17) is 14.2 Å². The molecule has 0 bridgehead atoms. The number of aliphatic hydroxyl groups is 1. The highest BCUT2D eigenvalue weighted by atomic mass is 16.6. The first-order chi connectivity index (χ1) is 11.6. The van der Waals surface area contributed by atoms with Crippen LogP contribution in [0.1, 0.15) is 43.1 Å². The first-order valence-corrected chi connectivity index (χ1v) is 8.14. The van der Waals surface area contributed by atoms with Crippen LogP contribution >= 0.6 is 0 Å². The second-order valence-electron chi connectivity index (χ2n) is 7.04. The van der Waals surface area contributed by atoms with Gasteiger partial charge in [0.25, 0.3) is 0 Å². The molecule has 1 amide bonds. The number of para-hydroxylation sites is 1. The smallest absolute Gasteiger partial charge is 0.413 e. The standard InChI is InChI=1S/C18H25NO6/c1-11-7-6-8-13(15(11)23-5)16(21)24-14-9-12(20)10-19(14)17(22)25-18(2,3)4/h6-8,12,14,20H,9-10H2,1-5H3/t12-,14-/m1/s1. The maximum Gasteiger partial charge on any atom is 0.413 e. The van der Waals surface area contributed by atoms with E-state index in [-0.39, 0.29) is 18.5 Å². The van der Waals surface area contributed by atoms with E-state index in [1.54, 1.807) is 32.9 Å². The number of ether oxygens (including phenoxy) is 3. The molecular weight excluding hydrogens is 326 g/mol. The summed E-state index contributed by atoms with van der Waals surface area (Å²) in [4.78, 5) is 26.1. The van der Waals surface area contributed by atoms with E-state index >= 15 is 0 Å². The molecule has 1 aliphatic rings. The summed E-state index contributed by atoms with van der Waals surface area (Å²) >= 11 is 0. The summed E-state index contributed by atoms with van der Waals surface area (Å²) < 4.78 is 16.0. The van der Waals surface area contributed by atoms with Gasteiger partial charge in [-0.3, -0.25) is 4.90 Å². The number of carbonyl (C=O) groups is 2. The number of nitrogens with zero attached hydrogens (tertiary/aromatic N) is 1. The summed E-state index contributed by atoms with van der Waals surface area (Å²) in [5.74, 6) is -0.192. The number of aliphatic hydroxyl groups excluding tert-OH is 1. The van der Waals surface area contributed by atoms with Crippen LogP contribution in [0.15, 0.2) is 18.2 Å². The normalized spacial score (nSPS) is 20.3. The Morgan fingerprint density at radius 1 is 1.28 bits per heavy atom. The van der Waals surface area contributed by atoms with E-state index in [0.717, 1.165) is 5.56 Å². The van der Waals surface area contributed by atoms with Gasteiger partial charge < -0.3 is 19.3 Å². The lowest BCUT2D eigenvalue weighted by Gasteiger charge is -2.28. The number of hydrogen-bond donors (Lipinski definition) is 1. The summed E-state index contributed by atoms with van der Waals surface area (Å²) in [5, 5.41) is 9.88.